The first-order valence-electron chi connectivity index (χ1n) is 6.13. The number of hydrogen-bond donors (Lipinski definition) is 2. The average Bonchev–Trinajstić information content (AvgIpc) is 2.97. The van der Waals surface area contributed by atoms with Gasteiger partial charge in [-0.2, -0.15) is 0 Å². The molecule has 1 aromatic rings. The van der Waals surface area contributed by atoms with Gasteiger partial charge >= 0.3 is 0 Å². The normalized spacial score (nSPS) is 22.5. The van der Waals surface area contributed by atoms with Gasteiger partial charge in [-0.15, -0.1) is 17.5 Å². The minimum atomic E-state index is 0. The quantitative estimate of drug-likeness (QED) is 0.810. The Labute approximate surface area is 113 Å². The fourth-order valence-corrected chi connectivity index (χ4v) is 2.36. The minimum absolute atomic E-state index is 0. The van der Waals surface area contributed by atoms with Crippen molar-refractivity contribution in [1.29, 1.82) is 0 Å². The summed E-state index contributed by atoms with van der Waals surface area (Å²) in [4.78, 5) is 11.7. The molecule has 18 heavy (non-hydrogen) atoms. The van der Waals surface area contributed by atoms with Crippen LogP contribution in [-0.2, 0) is 11.3 Å². The van der Waals surface area contributed by atoms with E-state index in [2.05, 4.69) is 15.6 Å². The first-order valence-corrected chi connectivity index (χ1v) is 6.13. The molecule has 1 heterocycles. The number of nitrogens with two attached hydrogens (primary N) is 1. The van der Waals surface area contributed by atoms with Crippen molar-refractivity contribution in [1.82, 2.24) is 20.3 Å². The second-order valence-corrected chi connectivity index (χ2v) is 4.52. The number of carbonyl (C=O) groups excluding carboxylic acids is 1. The molecule has 1 aliphatic rings. The highest BCUT2D eigenvalue weighted by molar-refractivity contribution is 5.85. The minimum Gasteiger partial charge on any atom is -0.353 e. The number of rotatable bonds is 5. The van der Waals surface area contributed by atoms with E-state index >= 15 is 0 Å². The molecular formula is C11H20ClN5O. The molecule has 1 aromatic heterocycles. The van der Waals surface area contributed by atoms with Gasteiger partial charge in [0, 0.05) is 18.7 Å². The molecule has 3 N–H and O–H groups in total. The SMILES string of the molecule is Cl.NCC1CCCC1NC(=O)CCn1ccnn1. The molecule has 0 aromatic carbocycles. The highest BCUT2D eigenvalue weighted by Crippen LogP contribution is 2.24. The molecule has 0 aliphatic heterocycles. The van der Waals surface area contributed by atoms with Crippen LogP contribution in [0, 0.1) is 5.92 Å². The topological polar surface area (TPSA) is 85.8 Å². The third kappa shape index (κ3) is 3.96. The van der Waals surface area contributed by atoms with E-state index in [0.717, 1.165) is 19.3 Å². The fourth-order valence-electron chi connectivity index (χ4n) is 2.36. The molecule has 0 bridgehead atoms. The number of hydrogen-bond acceptors (Lipinski definition) is 4. The summed E-state index contributed by atoms with van der Waals surface area (Å²) >= 11 is 0. The largest absolute Gasteiger partial charge is 0.353 e. The van der Waals surface area contributed by atoms with Gasteiger partial charge in [0.05, 0.1) is 12.7 Å². The van der Waals surface area contributed by atoms with Gasteiger partial charge in [0.25, 0.3) is 0 Å². The molecule has 0 saturated heterocycles. The summed E-state index contributed by atoms with van der Waals surface area (Å²) in [6.45, 7) is 1.24. The Bertz CT molecular complexity index is 356. The first-order chi connectivity index (χ1) is 8.29. The van der Waals surface area contributed by atoms with Gasteiger partial charge in [0.1, 0.15) is 0 Å². The van der Waals surface area contributed by atoms with Crippen LogP contribution in [0.5, 0.6) is 0 Å². The Balaban J connectivity index is 0.00000162. The van der Waals surface area contributed by atoms with Crippen LogP contribution < -0.4 is 11.1 Å². The third-order valence-corrected chi connectivity index (χ3v) is 3.35. The molecule has 1 aliphatic carbocycles. The monoisotopic (exact) mass is 273 g/mol. The summed E-state index contributed by atoms with van der Waals surface area (Å²) in [6.07, 6.45) is 7.15. The predicted octanol–water partition coefficient (Wildman–Crippen LogP) is 0.334. The van der Waals surface area contributed by atoms with Crippen LogP contribution in [0.25, 0.3) is 0 Å². The summed E-state index contributed by atoms with van der Waals surface area (Å²) in [5, 5.41) is 10.6. The van der Waals surface area contributed by atoms with Gasteiger partial charge in [-0.3, -0.25) is 9.48 Å². The van der Waals surface area contributed by atoms with E-state index in [1.807, 2.05) is 0 Å². The zero-order chi connectivity index (χ0) is 12.1. The number of aromatic nitrogens is 3. The lowest BCUT2D eigenvalue weighted by molar-refractivity contribution is -0.122. The summed E-state index contributed by atoms with van der Waals surface area (Å²) < 4.78 is 1.66. The number of halogens is 1. The standard InChI is InChI=1S/C11H19N5O.ClH/c12-8-9-2-1-3-10(9)14-11(17)4-6-16-7-5-13-15-16;/h5,7,9-10H,1-4,6,8,12H2,(H,14,17);1H. The van der Waals surface area contributed by atoms with Crippen LogP contribution in [-0.4, -0.2) is 33.5 Å². The summed E-state index contributed by atoms with van der Waals surface area (Å²) in [7, 11) is 0. The van der Waals surface area contributed by atoms with Crippen LogP contribution in [0.1, 0.15) is 25.7 Å². The second-order valence-electron chi connectivity index (χ2n) is 4.52. The van der Waals surface area contributed by atoms with Crippen molar-refractivity contribution in [2.24, 2.45) is 11.7 Å². The zero-order valence-electron chi connectivity index (χ0n) is 10.3. The summed E-state index contributed by atoms with van der Waals surface area (Å²) in [5.41, 5.74) is 5.68. The van der Waals surface area contributed by atoms with Crippen molar-refractivity contribution in [3.63, 3.8) is 0 Å². The van der Waals surface area contributed by atoms with Gasteiger partial charge in [-0.1, -0.05) is 11.6 Å². The number of carbonyl (C=O) groups is 1. The van der Waals surface area contributed by atoms with Crippen LogP contribution in [0.3, 0.4) is 0 Å². The smallest absolute Gasteiger partial charge is 0.222 e. The number of nitrogens with one attached hydrogen (secondary N) is 1. The van der Waals surface area contributed by atoms with Gasteiger partial charge in [-0.05, 0) is 25.3 Å². The number of aryl methyl sites for hydroxylation is 1. The molecule has 7 heteroatoms. The van der Waals surface area contributed by atoms with E-state index in [0.29, 0.717) is 25.4 Å². The van der Waals surface area contributed by atoms with Crippen molar-refractivity contribution in [2.45, 2.75) is 38.3 Å². The Morgan fingerprint density at radius 1 is 1.50 bits per heavy atom. The third-order valence-electron chi connectivity index (χ3n) is 3.35. The van der Waals surface area contributed by atoms with Crippen molar-refractivity contribution in [2.75, 3.05) is 6.54 Å². The first kappa shape index (κ1) is 14.9. The lowest BCUT2D eigenvalue weighted by Crippen LogP contribution is -2.40. The Kier molecular flexibility index (Phi) is 6.07. The predicted molar refractivity (Wildman–Crippen MR) is 70.2 cm³/mol. The molecule has 2 atom stereocenters. The summed E-state index contributed by atoms with van der Waals surface area (Å²) in [5.74, 6) is 0.524. The molecule has 2 unspecified atom stereocenters. The number of amides is 1. The maximum Gasteiger partial charge on any atom is 0.222 e. The fraction of sp³-hybridized carbons (Fsp3) is 0.727. The van der Waals surface area contributed by atoms with Crippen molar-refractivity contribution in [3.8, 4) is 0 Å². The van der Waals surface area contributed by atoms with E-state index in [1.54, 1.807) is 17.1 Å². The van der Waals surface area contributed by atoms with E-state index in [1.165, 1.54) is 0 Å². The van der Waals surface area contributed by atoms with E-state index in [-0.39, 0.29) is 24.4 Å². The van der Waals surface area contributed by atoms with Gasteiger partial charge in [0.2, 0.25) is 5.91 Å². The molecule has 2 rings (SSSR count). The molecule has 0 spiro atoms. The van der Waals surface area contributed by atoms with Gasteiger partial charge < -0.3 is 11.1 Å². The number of nitrogens with zero attached hydrogens (tertiary/aromatic N) is 3. The molecule has 102 valence electrons. The molecule has 1 saturated carbocycles. The molecule has 1 fully saturated rings. The molecule has 6 nitrogen and oxygen atoms in total. The Morgan fingerprint density at radius 2 is 2.33 bits per heavy atom. The lowest BCUT2D eigenvalue weighted by atomic mass is 10.0. The van der Waals surface area contributed by atoms with Crippen LogP contribution >= 0.6 is 12.4 Å². The van der Waals surface area contributed by atoms with Crippen LogP contribution in [0.15, 0.2) is 12.4 Å². The lowest BCUT2D eigenvalue weighted by Gasteiger charge is -2.19. The highest BCUT2D eigenvalue weighted by atomic mass is 35.5. The molecule has 1 amide bonds. The second kappa shape index (κ2) is 7.33. The van der Waals surface area contributed by atoms with Crippen LogP contribution in [0.2, 0.25) is 0 Å². The van der Waals surface area contributed by atoms with Crippen LogP contribution in [0.4, 0.5) is 0 Å². The Morgan fingerprint density at radius 3 is 3.00 bits per heavy atom. The summed E-state index contributed by atoms with van der Waals surface area (Å²) in [6, 6.07) is 0.267. The van der Waals surface area contributed by atoms with E-state index < -0.39 is 0 Å². The van der Waals surface area contributed by atoms with Crippen molar-refractivity contribution in [3.05, 3.63) is 12.4 Å². The maximum absolute atomic E-state index is 11.7. The van der Waals surface area contributed by atoms with E-state index in [9.17, 15) is 4.79 Å². The maximum atomic E-state index is 11.7. The van der Waals surface area contributed by atoms with Gasteiger partial charge in [-0.25, -0.2) is 0 Å². The molecular weight excluding hydrogens is 254 g/mol. The highest BCUT2D eigenvalue weighted by Gasteiger charge is 2.26. The average molecular weight is 274 g/mol. The van der Waals surface area contributed by atoms with Gasteiger partial charge in [0.15, 0.2) is 0 Å². The Hall–Kier alpha value is -1.14. The van der Waals surface area contributed by atoms with Crippen molar-refractivity contribution < 1.29 is 4.79 Å². The van der Waals surface area contributed by atoms with E-state index in [4.69, 9.17) is 5.73 Å². The zero-order valence-corrected chi connectivity index (χ0v) is 11.1. The molecule has 0 radical (unpaired) electrons. The van der Waals surface area contributed by atoms with Crippen molar-refractivity contribution >= 4 is 18.3 Å².